The van der Waals surface area contributed by atoms with Gasteiger partial charge in [-0.3, -0.25) is 4.79 Å². The molecule has 1 amide bonds. The number of nitrogens with one attached hydrogen (secondary N) is 1. The van der Waals surface area contributed by atoms with Gasteiger partial charge >= 0.3 is 5.97 Å². The minimum Gasteiger partial charge on any atom is -0.497 e. The molecule has 0 saturated heterocycles. The molecule has 3 rings (SSSR count). The third-order valence-electron chi connectivity index (χ3n) is 4.03. The van der Waals surface area contributed by atoms with E-state index in [0.29, 0.717) is 27.0 Å². The lowest BCUT2D eigenvalue weighted by Gasteiger charge is -2.07. The van der Waals surface area contributed by atoms with Gasteiger partial charge in [0.2, 0.25) is 0 Å². The van der Waals surface area contributed by atoms with Crippen LogP contribution in [0.2, 0.25) is 0 Å². The molecule has 8 heteroatoms. The van der Waals surface area contributed by atoms with E-state index < -0.39 is 11.9 Å². The van der Waals surface area contributed by atoms with Crippen LogP contribution in [0.15, 0.2) is 48.5 Å². The number of ether oxygens (including phenoxy) is 3. The summed E-state index contributed by atoms with van der Waals surface area (Å²) < 4.78 is 15.4. The Bertz CT molecular complexity index is 997. The van der Waals surface area contributed by atoms with Crippen molar-refractivity contribution in [3.63, 3.8) is 0 Å². The van der Waals surface area contributed by atoms with Crippen LogP contribution in [0.25, 0.3) is 10.6 Å². The number of esters is 1. The molecular weight excluding hydrogens is 392 g/mol. The van der Waals surface area contributed by atoms with E-state index in [4.69, 9.17) is 14.2 Å². The molecule has 2 aromatic carbocycles. The van der Waals surface area contributed by atoms with Crippen LogP contribution >= 0.6 is 11.3 Å². The lowest BCUT2D eigenvalue weighted by molar-refractivity contribution is -0.119. The van der Waals surface area contributed by atoms with Gasteiger partial charge in [0.15, 0.2) is 6.61 Å². The second-order valence-corrected chi connectivity index (χ2v) is 7.01. The van der Waals surface area contributed by atoms with Gasteiger partial charge in [0.05, 0.1) is 19.9 Å². The van der Waals surface area contributed by atoms with Crippen molar-refractivity contribution in [1.82, 2.24) is 4.98 Å². The Morgan fingerprint density at radius 1 is 0.966 bits per heavy atom. The van der Waals surface area contributed by atoms with Crippen LogP contribution in [0.5, 0.6) is 11.5 Å². The zero-order chi connectivity index (χ0) is 20.8. The van der Waals surface area contributed by atoms with E-state index in [0.717, 1.165) is 11.3 Å². The number of carbonyl (C=O) groups excluding carboxylic acids is 2. The fourth-order valence-electron chi connectivity index (χ4n) is 2.51. The number of carbonyl (C=O) groups is 2. The number of amides is 1. The summed E-state index contributed by atoms with van der Waals surface area (Å²) in [5.74, 6) is 0.415. The molecule has 7 nitrogen and oxygen atoms in total. The van der Waals surface area contributed by atoms with Gasteiger partial charge in [-0.25, -0.2) is 9.78 Å². The average Bonchev–Trinajstić information content (AvgIpc) is 3.14. The smallest absolute Gasteiger partial charge is 0.350 e. The predicted octanol–water partition coefficient (Wildman–Crippen LogP) is 3.93. The summed E-state index contributed by atoms with van der Waals surface area (Å²) in [6, 6.07) is 14.2. The summed E-state index contributed by atoms with van der Waals surface area (Å²) in [5.41, 5.74) is 2.01. The Balaban J connectivity index is 1.59. The maximum atomic E-state index is 12.4. The molecule has 0 fully saturated rings. The highest BCUT2D eigenvalue weighted by Crippen LogP contribution is 2.29. The number of rotatable bonds is 7. The van der Waals surface area contributed by atoms with Crippen molar-refractivity contribution in [1.29, 1.82) is 0 Å². The van der Waals surface area contributed by atoms with E-state index in [9.17, 15) is 9.59 Å². The Hall–Kier alpha value is -3.39. The van der Waals surface area contributed by atoms with Gasteiger partial charge in [-0.05, 0) is 55.5 Å². The molecule has 1 N–H and O–H groups in total. The lowest BCUT2D eigenvalue weighted by Crippen LogP contribution is -2.20. The normalized spacial score (nSPS) is 10.3. The van der Waals surface area contributed by atoms with E-state index in [1.165, 1.54) is 11.3 Å². The summed E-state index contributed by atoms with van der Waals surface area (Å²) in [6.45, 7) is 1.34. The van der Waals surface area contributed by atoms with Crippen LogP contribution in [-0.2, 0) is 9.53 Å². The first-order chi connectivity index (χ1) is 14.0. The van der Waals surface area contributed by atoms with Gasteiger partial charge in [-0.1, -0.05) is 0 Å². The van der Waals surface area contributed by atoms with E-state index in [1.54, 1.807) is 45.4 Å². The number of thiazole rings is 1. The summed E-state index contributed by atoms with van der Waals surface area (Å²) in [4.78, 5) is 29.2. The average molecular weight is 412 g/mol. The molecule has 0 unspecified atom stereocenters. The molecule has 0 saturated carbocycles. The topological polar surface area (TPSA) is 86.8 Å². The Labute approximate surface area is 172 Å². The first-order valence-corrected chi connectivity index (χ1v) is 9.54. The van der Waals surface area contributed by atoms with Gasteiger partial charge < -0.3 is 19.5 Å². The van der Waals surface area contributed by atoms with Crippen LogP contribution in [0.4, 0.5) is 5.69 Å². The fraction of sp³-hybridized carbons (Fsp3) is 0.190. The molecular formula is C21H20N2O5S. The monoisotopic (exact) mass is 412 g/mol. The van der Waals surface area contributed by atoms with Crippen molar-refractivity contribution in [2.75, 3.05) is 26.1 Å². The van der Waals surface area contributed by atoms with Crippen LogP contribution in [0.3, 0.4) is 0 Å². The Kier molecular flexibility index (Phi) is 6.46. The fourth-order valence-corrected chi connectivity index (χ4v) is 3.48. The summed E-state index contributed by atoms with van der Waals surface area (Å²) in [6.07, 6.45) is 0. The lowest BCUT2D eigenvalue weighted by atomic mass is 10.2. The maximum Gasteiger partial charge on any atom is 0.350 e. The quantitative estimate of drug-likeness (QED) is 0.592. The highest BCUT2D eigenvalue weighted by Gasteiger charge is 2.19. The van der Waals surface area contributed by atoms with Crippen molar-refractivity contribution in [3.05, 3.63) is 59.1 Å². The first kappa shape index (κ1) is 20.3. The van der Waals surface area contributed by atoms with E-state index in [1.807, 2.05) is 24.3 Å². The number of hydrogen-bond acceptors (Lipinski definition) is 7. The zero-order valence-electron chi connectivity index (χ0n) is 16.2. The second-order valence-electron chi connectivity index (χ2n) is 6.01. The minimum atomic E-state index is -0.579. The van der Waals surface area contributed by atoms with Gasteiger partial charge in [0.25, 0.3) is 5.91 Å². The highest BCUT2D eigenvalue weighted by atomic mass is 32.1. The number of aromatic nitrogens is 1. The Morgan fingerprint density at radius 3 is 2.14 bits per heavy atom. The van der Waals surface area contributed by atoms with Crippen molar-refractivity contribution in [2.24, 2.45) is 0 Å². The Morgan fingerprint density at radius 2 is 1.55 bits per heavy atom. The SMILES string of the molecule is COc1ccc(NC(=O)COC(=O)c2sc(-c3ccc(OC)cc3)nc2C)cc1. The second kappa shape index (κ2) is 9.20. The molecule has 3 aromatic rings. The summed E-state index contributed by atoms with van der Waals surface area (Å²) in [7, 11) is 3.16. The molecule has 29 heavy (non-hydrogen) atoms. The van der Waals surface area contributed by atoms with Gasteiger partial charge in [0, 0.05) is 11.3 Å². The molecule has 0 bridgehead atoms. The number of benzene rings is 2. The van der Waals surface area contributed by atoms with Crippen molar-refractivity contribution < 1.29 is 23.8 Å². The summed E-state index contributed by atoms with van der Waals surface area (Å²) in [5, 5.41) is 3.35. The number of anilines is 1. The largest absolute Gasteiger partial charge is 0.497 e. The molecule has 0 aliphatic carbocycles. The number of methoxy groups -OCH3 is 2. The molecule has 150 valence electrons. The maximum absolute atomic E-state index is 12.4. The van der Waals surface area contributed by atoms with Crippen LogP contribution in [-0.4, -0.2) is 37.7 Å². The number of nitrogens with zero attached hydrogens (tertiary/aromatic N) is 1. The third kappa shape index (κ3) is 5.11. The van der Waals surface area contributed by atoms with Gasteiger partial charge in [-0.15, -0.1) is 11.3 Å². The third-order valence-corrected chi connectivity index (χ3v) is 5.21. The standard InChI is InChI=1S/C21H20N2O5S/c1-13-19(29-20(22-13)14-4-8-16(26-2)9-5-14)21(25)28-12-18(24)23-15-6-10-17(27-3)11-7-15/h4-11H,12H2,1-3H3,(H,23,24). The first-order valence-electron chi connectivity index (χ1n) is 8.73. The molecule has 0 atom stereocenters. The van der Waals surface area contributed by atoms with Crippen LogP contribution in [0.1, 0.15) is 15.4 Å². The number of aryl methyl sites for hydroxylation is 1. The van der Waals surface area contributed by atoms with Crippen molar-refractivity contribution in [2.45, 2.75) is 6.92 Å². The molecule has 0 aliphatic heterocycles. The van der Waals surface area contributed by atoms with Crippen molar-refractivity contribution in [3.8, 4) is 22.1 Å². The summed E-state index contributed by atoms with van der Waals surface area (Å²) >= 11 is 1.22. The molecule has 1 aromatic heterocycles. The van der Waals surface area contributed by atoms with Gasteiger partial charge in [0.1, 0.15) is 21.4 Å². The molecule has 0 radical (unpaired) electrons. The van der Waals surface area contributed by atoms with Gasteiger partial charge in [-0.2, -0.15) is 0 Å². The van der Waals surface area contributed by atoms with E-state index >= 15 is 0 Å². The van der Waals surface area contributed by atoms with Crippen LogP contribution < -0.4 is 14.8 Å². The van der Waals surface area contributed by atoms with Crippen molar-refractivity contribution >= 4 is 28.9 Å². The number of hydrogen-bond donors (Lipinski definition) is 1. The highest BCUT2D eigenvalue weighted by molar-refractivity contribution is 7.17. The minimum absolute atomic E-state index is 0.369. The van der Waals surface area contributed by atoms with Crippen LogP contribution in [0, 0.1) is 6.92 Å². The predicted molar refractivity (Wildman–Crippen MR) is 111 cm³/mol. The zero-order valence-corrected chi connectivity index (χ0v) is 17.0. The molecule has 1 heterocycles. The van der Waals surface area contributed by atoms with E-state index in [-0.39, 0.29) is 6.61 Å². The molecule has 0 aliphatic rings. The van der Waals surface area contributed by atoms with E-state index in [2.05, 4.69) is 10.3 Å². The molecule has 0 spiro atoms.